The summed E-state index contributed by atoms with van der Waals surface area (Å²) in [6.07, 6.45) is 8.57. The third kappa shape index (κ3) is 1.76. The summed E-state index contributed by atoms with van der Waals surface area (Å²) in [4.78, 5) is 0. The lowest BCUT2D eigenvalue weighted by Gasteiger charge is -1.82. The van der Waals surface area contributed by atoms with Gasteiger partial charge >= 0.3 is 0 Å². The van der Waals surface area contributed by atoms with Crippen LogP contribution in [0.25, 0.3) is 0 Å². The van der Waals surface area contributed by atoms with Gasteiger partial charge in [0.2, 0.25) is 0 Å². The Morgan fingerprint density at radius 1 is 1.67 bits per heavy atom. The number of rotatable bonds is 2. The maximum Gasteiger partial charge on any atom is 0.0937 e. The van der Waals surface area contributed by atoms with Crippen LogP contribution >= 0.6 is 0 Å². The third-order valence-corrected chi connectivity index (χ3v) is 1.17. The van der Waals surface area contributed by atoms with Crippen LogP contribution in [0.15, 0.2) is 35.2 Å². The monoisotopic (exact) mass is 122 g/mol. The Morgan fingerprint density at radius 3 is 3.11 bits per heavy atom. The van der Waals surface area contributed by atoms with Crippen molar-refractivity contribution in [1.82, 2.24) is 0 Å². The minimum absolute atomic E-state index is 0.979. The van der Waals surface area contributed by atoms with E-state index in [1.54, 1.807) is 12.5 Å². The first-order chi connectivity index (χ1) is 4.43. The molecule has 0 spiro atoms. The molecule has 0 atom stereocenters. The van der Waals surface area contributed by atoms with Gasteiger partial charge < -0.3 is 4.42 Å². The summed E-state index contributed by atoms with van der Waals surface area (Å²) in [7, 11) is 0. The van der Waals surface area contributed by atoms with E-state index in [0.29, 0.717) is 0 Å². The Bertz CT molecular complexity index is 172. The zero-order valence-electron chi connectivity index (χ0n) is 5.50. The molecular formula is C8H10O. The molecule has 0 aliphatic heterocycles. The van der Waals surface area contributed by atoms with E-state index in [1.165, 1.54) is 5.56 Å². The fourth-order valence-corrected chi connectivity index (χ4v) is 0.663. The molecule has 1 heterocycles. The fourth-order valence-electron chi connectivity index (χ4n) is 0.663. The molecule has 1 aromatic rings. The van der Waals surface area contributed by atoms with Gasteiger partial charge in [0.25, 0.3) is 0 Å². The lowest BCUT2D eigenvalue weighted by molar-refractivity contribution is 0.565. The molecule has 9 heavy (non-hydrogen) atoms. The van der Waals surface area contributed by atoms with Crippen LogP contribution < -0.4 is 0 Å². The van der Waals surface area contributed by atoms with Crippen LogP contribution in [-0.2, 0) is 6.42 Å². The van der Waals surface area contributed by atoms with Crippen molar-refractivity contribution >= 4 is 0 Å². The van der Waals surface area contributed by atoms with Crippen LogP contribution in [0.4, 0.5) is 0 Å². The van der Waals surface area contributed by atoms with Gasteiger partial charge in [0.05, 0.1) is 12.5 Å². The Labute approximate surface area is 55.0 Å². The molecule has 1 heteroatoms. The smallest absolute Gasteiger partial charge is 0.0937 e. The van der Waals surface area contributed by atoms with Crippen LogP contribution in [0, 0.1) is 0 Å². The Balaban J connectivity index is 2.48. The molecule has 0 aliphatic carbocycles. The van der Waals surface area contributed by atoms with Gasteiger partial charge in [-0.1, -0.05) is 12.2 Å². The van der Waals surface area contributed by atoms with E-state index in [-0.39, 0.29) is 0 Å². The third-order valence-electron chi connectivity index (χ3n) is 1.17. The molecule has 0 N–H and O–H groups in total. The number of furan rings is 1. The molecule has 0 saturated carbocycles. The Hall–Kier alpha value is -0.980. The first-order valence-electron chi connectivity index (χ1n) is 3.05. The predicted molar refractivity (Wildman–Crippen MR) is 37.2 cm³/mol. The van der Waals surface area contributed by atoms with Gasteiger partial charge in [-0.15, -0.1) is 0 Å². The van der Waals surface area contributed by atoms with E-state index in [4.69, 9.17) is 4.42 Å². The van der Waals surface area contributed by atoms with Crippen molar-refractivity contribution in [3.8, 4) is 0 Å². The molecule has 0 unspecified atom stereocenters. The summed E-state index contributed by atoms with van der Waals surface area (Å²) >= 11 is 0. The van der Waals surface area contributed by atoms with Gasteiger partial charge in [-0.25, -0.2) is 0 Å². The average Bonchev–Trinajstić information content (AvgIpc) is 2.34. The lowest BCUT2D eigenvalue weighted by atomic mass is 10.2. The average molecular weight is 122 g/mol. The second kappa shape index (κ2) is 3.13. The van der Waals surface area contributed by atoms with Crippen LogP contribution in [-0.4, -0.2) is 0 Å². The van der Waals surface area contributed by atoms with Crippen molar-refractivity contribution in [3.63, 3.8) is 0 Å². The molecule has 0 aromatic carbocycles. The Morgan fingerprint density at radius 2 is 2.56 bits per heavy atom. The summed E-state index contributed by atoms with van der Waals surface area (Å²) in [5.41, 5.74) is 1.23. The van der Waals surface area contributed by atoms with Crippen molar-refractivity contribution < 1.29 is 4.42 Å². The molecule has 1 nitrogen and oxygen atoms in total. The predicted octanol–water partition coefficient (Wildman–Crippen LogP) is 2.40. The lowest BCUT2D eigenvalue weighted by Crippen LogP contribution is -1.71. The SMILES string of the molecule is C/C=C/Cc1ccoc1. The highest BCUT2D eigenvalue weighted by Crippen LogP contribution is 2.00. The normalized spacial score (nSPS) is 10.8. The van der Waals surface area contributed by atoms with Crippen LogP contribution in [0.2, 0.25) is 0 Å². The highest BCUT2D eigenvalue weighted by atomic mass is 16.3. The molecule has 0 fully saturated rings. The van der Waals surface area contributed by atoms with Crippen molar-refractivity contribution in [3.05, 3.63) is 36.3 Å². The minimum Gasteiger partial charge on any atom is -0.472 e. The van der Waals surface area contributed by atoms with Crippen molar-refractivity contribution in [2.45, 2.75) is 13.3 Å². The molecule has 0 bridgehead atoms. The molecule has 0 aliphatic rings. The standard InChI is InChI=1S/C8H10O/c1-2-3-4-8-5-6-9-7-8/h2-3,5-7H,4H2,1H3/b3-2+. The van der Waals surface area contributed by atoms with Crippen molar-refractivity contribution in [2.75, 3.05) is 0 Å². The molecule has 48 valence electrons. The Kier molecular flexibility index (Phi) is 2.13. The second-order valence-corrected chi connectivity index (χ2v) is 1.90. The second-order valence-electron chi connectivity index (χ2n) is 1.90. The van der Waals surface area contributed by atoms with Gasteiger partial charge in [0, 0.05) is 0 Å². The van der Waals surface area contributed by atoms with Crippen LogP contribution in [0.3, 0.4) is 0 Å². The first-order valence-corrected chi connectivity index (χ1v) is 3.05. The minimum atomic E-state index is 0.979. The summed E-state index contributed by atoms with van der Waals surface area (Å²) in [5.74, 6) is 0. The van der Waals surface area contributed by atoms with Gasteiger partial charge in [-0.3, -0.25) is 0 Å². The highest BCUT2D eigenvalue weighted by Gasteiger charge is 1.86. The maximum absolute atomic E-state index is 4.88. The zero-order chi connectivity index (χ0) is 6.53. The zero-order valence-corrected chi connectivity index (χ0v) is 5.50. The van der Waals surface area contributed by atoms with E-state index in [0.717, 1.165) is 6.42 Å². The van der Waals surface area contributed by atoms with Gasteiger partial charge in [0.15, 0.2) is 0 Å². The molecular weight excluding hydrogens is 112 g/mol. The van der Waals surface area contributed by atoms with E-state index < -0.39 is 0 Å². The summed E-state index contributed by atoms with van der Waals surface area (Å²) in [6.45, 7) is 2.01. The number of hydrogen-bond acceptors (Lipinski definition) is 1. The van der Waals surface area contributed by atoms with E-state index in [9.17, 15) is 0 Å². The first kappa shape index (κ1) is 6.14. The molecule has 1 aromatic heterocycles. The van der Waals surface area contributed by atoms with Gasteiger partial charge in [-0.2, -0.15) is 0 Å². The van der Waals surface area contributed by atoms with Crippen molar-refractivity contribution in [1.29, 1.82) is 0 Å². The summed E-state index contributed by atoms with van der Waals surface area (Å²) in [5, 5.41) is 0. The van der Waals surface area contributed by atoms with Gasteiger partial charge in [0.1, 0.15) is 0 Å². The van der Waals surface area contributed by atoms with Gasteiger partial charge in [-0.05, 0) is 25.0 Å². The summed E-state index contributed by atoms with van der Waals surface area (Å²) < 4.78 is 4.88. The maximum atomic E-state index is 4.88. The highest BCUT2D eigenvalue weighted by molar-refractivity contribution is 5.09. The topological polar surface area (TPSA) is 13.1 Å². The quantitative estimate of drug-likeness (QED) is 0.549. The number of hydrogen-bond donors (Lipinski definition) is 0. The number of allylic oxidation sites excluding steroid dienone is 2. The molecule has 1 rings (SSSR count). The molecule has 0 radical (unpaired) electrons. The molecule has 0 amide bonds. The van der Waals surface area contributed by atoms with Crippen LogP contribution in [0.1, 0.15) is 12.5 Å². The van der Waals surface area contributed by atoms with E-state index >= 15 is 0 Å². The van der Waals surface area contributed by atoms with E-state index in [1.807, 2.05) is 19.1 Å². The largest absolute Gasteiger partial charge is 0.472 e. The van der Waals surface area contributed by atoms with Crippen LogP contribution in [0.5, 0.6) is 0 Å². The fraction of sp³-hybridized carbons (Fsp3) is 0.250. The van der Waals surface area contributed by atoms with Crippen molar-refractivity contribution in [2.24, 2.45) is 0 Å². The molecule has 0 saturated heterocycles. The van der Waals surface area contributed by atoms with E-state index in [2.05, 4.69) is 6.08 Å². The summed E-state index contributed by atoms with van der Waals surface area (Å²) in [6, 6.07) is 1.97.